The van der Waals surface area contributed by atoms with E-state index in [1.165, 1.54) is 54.5 Å². The first-order chi connectivity index (χ1) is 18.4. The third-order valence-electron chi connectivity index (χ3n) is 6.32. The van der Waals surface area contributed by atoms with E-state index in [2.05, 4.69) is 4.98 Å². The van der Waals surface area contributed by atoms with Gasteiger partial charge in [-0.3, -0.25) is 14.5 Å². The summed E-state index contributed by atoms with van der Waals surface area (Å²) in [6, 6.07) is 12.0. The van der Waals surface area contributed by atoms with Crippen LogP contribution in [0.4, 0.5) is 9.52 Å². The van der Waals surface area contributed by atoms with Crippen LogP contribution < -0.4 is 19.1 Å². The number of carbonyl (C=O) groups is 2. The van der Waals surface area contributed by atoms with Crippen LogP contribution in [0, 0.1) is 5.82 Å². The number of carbonyl (C=O) groups excluding carboxylic acids is 2. The molecule has 0 spiro atoms. The highest BCUT2D eigenvalue weighted by Crippen LogP contribution is 2.46. The van der Waals surface area contributed by atoms with Gasteiger partial charge >= 0.3 is 5.91 Å². The number of methoxy groups -OCH3 is 1. The molecule has 2 aliphatic heterocycles. The van der Waals surface area contributed by atoms with Crippen LogP contribution in [0.1, 0.15) is 17.2 Å². The van der Waals surface area contributed by atoms with E-state index in [4.69, 9.17) is 14.2 Å². The summed E-state index contributed by atoms with van der Waals surface area (Å²) < 4.78 is 30.7. The average Bonchev–Trinajstić information content (AvgIpc) is 3.45. The van der Waals surface area contributed by atoms with Gasteiger partial charge in [-0.1, -0.05) is 17.4 Å². The number of hydrogen-bond donors (Lipinski definition) is 2. The Balaban J connectivity index is 1.56. The minimum atomic E-state index is -1.12. The average molecular weight is 535 g/mol. The molecule has 3 aromatic carbocycles. The number of thiazole rings is 1. The highest BCUT2D eigenvalue weighted by Gasteiger charge is 2.48. The van der Waals surface area contributed by atoms with Gasteiger partial charge in [-0.2, -0.15) is 0 Å². The van der Waals surface area contributed by atoms with Crippen molar-refractivity contribution in [2.24, 2.45) is 0 Å². The summed E-state index contributed by atoms with van der Waals surface area (Å²) in [7, 11) is 1.37. The Morgan fingerprint density at radius 1 is 1.08 bits per heavy atom. The molecule has 0 radical (unpaired) electrons. The summed E-state index contributed by atoms with van der Waals surface area (Å²) in [5.74, 6) is -1.88. The van der Waals surface area contributed by atoms with Crippen LogP contribution in [-0.2, 0) is 9.59 Å². The van der Waals surface area contributed by atoms with Crippen molar-refractivity contribution in [1.29, 1.82) is 0 Å². The van der Waals surface area contributed by atoms with Gasteiger partial charge in [0.1, 0.15) is 24.8 Å². The molecule has 4 aromatic rings. The lowest BCUT2D eigenvalue weighted by Crippen LogP contribution is -2.29. The molecule has 1 fully saturated rings. The quantitative estimate of drug-likeness (QED) is 0.223. The first-order valence-corrected chi connectivity index (χ1v) is 12.3. The van der Waals surface area contributed by atoms with E-state index < -0.39 is 29.3 Å². The lowest BCUT2D eigenvalue weighted by molar-refractivity contribution is -0.132. The second-order valence-electron chi connectivity index (χ2n) is 8.57. The maximum atomic E-state index is 13.8. The molecule has 1 amide bonds. The van der Waals surface area contributed by atoms with E-state index in [0.717, 1.165) is 11.3 Å². The van der Waals surface area contributed by atoms with Gasteiger partial charge in [0.25, 0.3) is 5.78 Å². The first-order valence-electron chi connectivity index (χ1n) is 11.5. The Labute approximate surface area is 218 Å². The van der Waals surface area contributed by atoms with Crippen molar-refractivity contribution >= 4 is 44.1 Å². The molecule has 38 heavy (non-hydrogen) atoms. The Bertz CT molecular complexity index is 1660. The third-order valence-corrected chi connectivity index (χ3v) is 7.34. The summed E-state index contributed by atoms with van der Waals surface area (Å²) in [6.45, 7) is 0.714. The van der Waals surface area contributed by atoms with Crippen molar-refractivity contribution in [2.45, 2.75) is 6.04 Å². The number of anilines is 1. The van der Waals surface area contributed by atoms with Crippen LogP contribution in [-0.4, -0.2) is 47.2 Å². The van der Waals surface area contributed by atoms with Gasteiger partial charge in [-0.15, -0.1) is 0 Å². The van der Waals surface area contributed by atoms with Crippen LogP contribution in [0.15, 0.2) is 60.2 Å². The van der Waals surface area contributed by atoms with Gasteiger partial charge in [-0.25, -0.2) is 9.37 Å². The molecule has 0 bridgehead atoms. The number of aromatic nitrogens is 1. The molecule has 6 rings (SSSR count). The molecule has 1 atom stereocenters. The van der Waals surface area contributed by atoms with Gasteiger partial charge in [0, 0.05) is 5.56 Å². The first kappa shape index (κ1) is 23.7. The maximum absolute atomic E-state index is 13.8. The summed E-state index contributed by atoms with van der Waals surface area (Å²) in [6.07, 6.45) is 0. The maximum Gasteiger partial charge on any atom is 0.301 e. The molecule has 1 saturated heterocycles. The molecule has 2 N–H and O–H groups in total. The van der Waals surface area contributed by atoms with Crippen LogP contribution in [0.25, 0.3) is 16.0 Å². The van der Waals surface area contributed by atoms with E-state index in [-0.39, 0.29) is 27.8 Å². The van der Waals surface area contributed by atoms with E-state index in [0.29, 0.717) is 40.5 Å². The number of aliphatic hydroxyl groups excluding tert-OH is 1. The van der Waals surface area contributed by atoms with Crippen molar-refractivity contribution in [3.05, 3.63) is 77.1 Å². The fourth-order valence-corrected chi connectivity index (χ4v) is 5.56. The van der Waals surface area contributed by atoms with E-state index in [9.17, 15) is 24.2 Å². The summed E-state index contributed by atoms with van der Waals surface area (Å²) >= 11 is 1.03. The summed E-state index contributed by atoms with van der Waals surface area (Å²) in [5, 5.41) is 21.7. The Hall–Kier alpha value is -4.64. The number of phenolic OH excluding ortho intramolecular Hbond substituents is 1. The number of nitrogens with zero attached hydrogens (tertiary/aromatic N) is 2. The van der Waals surface area contributed by atoms with Crippen molar-refractivity contribution < 1.29 is 38.4 Å². The van der Waals surface area contributed by atoms with E-state index in [1.54, 1.807) is 12.1 Å². The second kappa shape index (κ2) is 9.03. The third kappa shape index (κ3) is 3.79. The molecule has 11 heteroatoms. The number of amides is 1. The molecule has 3 heterocycles. The van der Waals surface area contributed by atoms with Crippen LogP contribution >= 0.6 is 11.3 Å². The summed E-state index contributed by atoms with van der Waals surface area (Å²) in [5.41, 5.74) is 0.879. The number of Topliss-reactive ketones (excluding diaryl/α,β-unsaturated/α-hetero) is 1. The minimum absolute atomic E-state index is 0.110. The number of fused-ring (bicyclic) bond motifs is 2. The number of hydrogen-bond acceptors (Lipinski definition) is 9. The van der Waals surface area contributed by atoms with Gasteiger partial charge in [0.05, 0.1) is 28.9 Å². The predicted octanol–water partition coefficient (Wildman–Crippen LogP) is 4.55. The highest BCUT2D eigenvalue weighted by molar-refractivity contribution is 7.22. The minimum Gasteiger partial charge on any atom is -0.507 e. The van der Waals surface area contributed by atoms with Gasteiger partial charge in [0.2, 0.25) is 0 Å². The monoisotopic (exact) mass is 534 g/mol. The standard InChI is InChI=1S/C27H19FN2O7S/c1-35-19-10-13(2-6-17(19)31)23-22(24(32)14-3-7-18-20(11-14)37-9-8-36-18)25(33)26(34)30(23)27-29-16-5-4-15(28)12-21(16)38-27/h2-7,10-12,23,31-32H,8-9H2,1H3. The lowest BCUT2D eigenvalue weighted by atomic mass is 9.95. The predicted molar refractivity (Wildman–Crippen MR) is 136 cm³/mol. The van der Waals surface area contributed by atoms with Crippen molar-refractivity contribution in [2.75, 3.05) is 25.2 Å². The fourth-order valence-electron chi connectivity index (χ4n) is 4.55. The Kier molecular flexibility index (Phi) is 5.64. The molecular formula is C27H19FN2O7S. The zero-order valence-electron chi connectivity index (χ0n) is 19.8. The van der Waals surface area contributed by atoms with Crippen molar-refractivity contribution in [3.8, 4) is 23.0 Å². The normalized spacial score (nSPS) is 18.3. The number of ketones is 1. The Morgan fingerprint density at radius 3 is 2.66 bits per heavy atom. The highest BCUT2D eigenvalue weighted by atomic mass is 32.1. The van der Waals surface area contributed by atoms with Crippen LogP contribution in [0.3, 0.4) is 0 Å². The van der Waals surface area contributed by atoms with Gasteiger partial charge in [0.15, 0.2) is 28.1 Å². The zero-order chi connectivity index (χ0) is 26.6. The molecule has 2 aliphatic rings. The smallest absolute Gasteiger partial charge is 0.301 e. The number of rotatable bonds is 4. The number of ether oxygens (including phenoxy) is 3. The Morgan fingerprint density at radius 2 is 1.87 bits per heavy atom. The summed E-state index contributed by atoms with van der Waals surface area (Å²) in [4.78, 5) is 32.5. The topological polar surface area (TPSA) is 118 Å². The van der Waals surface area contributed by atoms with Crippen molar-refractivity contribution in [1.82, 2.24) is 4.98 Å². The van der Waals surface area contributed by atoms with Crippen LogP contribution in [0.5, 0.6) is 23.0 Å². The zero-order valence-corrected chi connectivity index (χ0v) is 20.6. The number of aliphatic hydroxyl groups is 1. The largest absolute Gasteiger partial charge is 0.507 e. The molecule has 0 aliphatic carbocycles. The van der Waals surface area contributed by atoms with Crippen molar-refractivity contribution in [3.63, 3.8) is 0 Å². The SMILES string of the molecule is COc1cc(C2C(=C(O)c3ccc4c(c3)OCCO4)C(=O)C(=O)N2c2nc3ccc(F)cc3s2)ccc1O. The molecule has 1 aromatic heterocycles. The number of benzene rings is 3. The number of aromatic hydroxyl groups is 1. The number of halogens is 1. The number of phenols is 1. The molecular weight excluding hydrogens is 515 g/mol. The van der Waals surface area contributed by atoms with Gasteiger partial charge < -0.3 is 24.4 Å². The van der Waals surface area contributed by atoms with E-state index in [1.807, 2.05) is 0 Å². The molecule has 0 saturated carbocycles. The van der Waals surface area contributed by atoms with Crippen LogP contribution in [0.2, 0.25) is 0 Å². The van der Waals surface area contributed by atoms with E-state index >= 15 is 0 Å². The lowest BCUT2D eigenvalue weighted by Gasteiger charge is -2.24. The molecule has 1 unspecified atom stereocenters. The second-order valence-corrected chi connectivity index (χ2v) is 9.58. The molecule has 192 valence electrons. The molecule has 9 nitrogen and oxygen atoms in total. The van der Waals surface area contributed by atoms with Gasteiger partial charge in [-0.05, 0) is 54.1 Å². The fraction of sp³-hybridized carbons (Fsp3) is 0.148.